The maximum Gasteiger partial charge on any atom is 0.257 e. The molecule has 0 saturated carbocycles. The Morgan fingerprint density at radius 2 is 1.94 bits per heavy atom. The third kappa shape index (κ3) is 7.66. The summed E-state index contributed by atoms with van der Waals surface area (Å²) < 4.78 is 17.7. The zero-order valence-corrected chi connectivity index (χ0v) is 22.0. The molecule has 8 heteroatoms. The fourth-order valence-electron chi connectivity index (χ4n) is 4.89. The topological polar surface area (TPSA) is 80.3 Å². The molecule has 1 aromatic carbocycles. The van der Waals surface area contributed by atoms with Gasteiger partial charge in [-0.3, -0.25) is 14.5 Å². The van der Waals surface area contributed by atoms with E-state index in [0.29, 0.717) is 42.5 Å². The first-order valence-electron chi connectivity index (χ1n) is 13.0. The highest BCUT2D eigenvalue weighted by molar-refractivity contribution is 5.98. The van der Waals surface area contributed by atoms with E-state index < -0.39 is 0 Å². The van der Waals surface area contributed by atoms with Crippen molar-refractivity contribution in [2.75, 3.05) is 58.9 Å². The Labute approximate surface area is 210 Å². The minimum absolute atomic E-state index is 0.0445. The third-order valence-electron chi connectivity index (χ3n) is 7.17. The monoisotopic (exact) mass is 489 g/mol. The van der Waals surface area contributed by atoms with Crippen molar-refractivity contribution in [3.8, 4) is 5.75 Å². The predicted molar refractivity (Wildman–Crippen MR) is 137 cm³/mol. The van der Waals surface area contributed by atoms with Gasteiger partial charge in [0.1, 0.15) is 12.4 Å². The lowest BCUT2D eigenvalue weighted by Crippen LogP contribution is -2.48. The molecule has 1 saturated heterocycles. The molecule has 35 heavy (non-hydrogen) atoms. The van der Waals surface area contributed by atoms with Gasteiger partial charge >= 0.3 is 0 Å². The van der Waals surface area contributed by atoms with E-state index in [1.807, 2.05) is 6.92 Å². The quantitative estimate of drug-likeness (QED) is 0.657. The third-order valence-corrected chi connectivity index (χ3v) is 7.17. The van der Waals surface area contributed by atoms with E-state index >= 15 is 0 Å². The number of methoxy groups -OCH3 is 1. The fraction of sp³-hybridized carbons (Fsp3) is 0.704. The van der Waals surface area contributed by atoms with Crippen LogP contribution in [0.1, 0.15) is 56.8 Å². The minimum Gasteiger partial charge on any atom is -0.491 e. The number of nitrogens with zero attached hydrogens (tertiary/aromatic N) is 2. The number of ether oxygens (including phenoxy) is 3. The van der Waals surface area contributed by atoms with Crippen molar-refractivity contribution >= 4 is 17.5 Å². The molecule has 0 aliphatic carbocycles. The molecule has 0 radical (unpaired) electrons. The van der Waals surface area contributed by atoms with Gasteiger partial charge in [0, 0.05) is 71.2 Å². The molecule has 196 valence electrons. The summed E-state index contributed by atoms with van der Waals surface area (Å²) >= 11 is 0. The van der Waals surface area contributed by atoms with Crippen molar-refractivity contribution in [3.05, 3.63) is 23.8 Å². The molecule has 2 aliphatic rings. The number of rotatable bonds is 6. The zero-order valence-electron chi connectivity index (χ0n) is 22.0. The van der Waals surface area contributed by atoms with Gasteiger partial charge < -0.3 is 24.4 Å². The van der Waals surface area contributed by atoms with Crippen LogP contribution in [0.2, 0.25) is 0 Å². The van der Waals surface area contributed by atoms with Crippen LogP contribution < -0.4 is 10.1 Å². The largest absolute Gasteiger partial charge is 0.491 e. The number of hydrogen-bond donors (Lipinski definition) is 1. The highest BCUT2D eigenvalue weighted by Gasteiger charge is 2.30. The van der Waals surface area contributed by atoms with Crippen LogP contribution in [0.4, 0.5) is 5.69 Å². The maximum atomic E-state index is 13.3. The molecule has 1 aromatic rings. The molecule has 2 heterocycles. The molecule has 2 aliphatic heterocycles. The molecule has 0 bridgehead atoms. The molecule has 2 amide bonds. The average Bonchev–Trinajstić information content (AvgIpc) is 2.85. The molecule has 3 rings (SSSR count). The van der Waals surface area contributed by atoms with Gasteiger partial charge in [-0.1, -0.05) is 13.8 Å². The Balaban J connectivity index is 1.88. The van der Waals surface area contributed by atoms with Gasteiger partial charge in [0.15, 0.2) is 0 Å². The number of nitrogens with one attached hydrogen (secondary N) is 1. The van der Waals surface area contributed by atoms with Gasteiger partial charge in [-0.25, -0.2) is 0 Å². The summed E-state index contributed by atoms with van der Waals surface area (Å²) in [7, 11) is 3.52. The van der Waals surface area contributed by atoms with E-state index in [-0.39, 0.29) is 29.9 Å². The fourth-order valence-corrected chi connectivity index (χ4v) is 4.89. The lowest BCUT2D eigenvalue weighted by atomic mass is 9.96. The van der Waals surface area contributed by atoms with Crippen molar-refractivity contribution in [2.45, 2.75) is 58.6 Å². The Kier molecular flexibility index (Phi) is 10.4. The number of likely N-dealkylation sites (N-methyl/N-ethyl adjacent to an activating group) is 1. The Morgan fingerprint density at radius 1 is 1.20 bits per heavy atom. The Morgan fingerprint density at radius 3 is 2.63 bits per heavy atom. The zero-order chi connectivity index (χ0) is 25.4. The van der Waals surface area contributed by atoms with Gasteiger partial charge in [0.2, 0.25) is 5.91 Å². The first-order valence-corrected chi connectivity index (χ1v) is 13.0. The van der Waals surface area contributed by atoms with Crippen LogP contribution in [0.25, 0.3) is 0 Å². The summed E-state index contributed by atoms with van der Waals surface area (Å²) in [5, 5.41) is 2.92. The van der Waals surface area contributed by atoms with Gasteiger partial charge in [-0.2, -0.15) is 0 Å². The Bertz CT molecular complexity index is 842. The van der Waals surface area contributed by atoms with E-state index in [4.69, 9.17) is 14.2 Å². The predicted octanol–water partition coefficient (Wildman–Crippen LogP) is 3.66. The van der Waals surface area contributed by atoms with Gasteiger partial charge in [-0.15, -0.1) is 0 Å². The first kappa shape index (κ1) is 27.4. The molecule has 0 unspecified atom stereocenters. The molecular formula is C27H43N3O5. The minimum atomic E-state index is -0.118. The van der Waals surface area contributed by atoms with Crippen molar-refractivity contribution < 1.29 is 23.8 Å². The number of fused-ring (bicyclic) bond motifs is 1. The smallest absolute Gasteiger partial charge is 0.257 e. The molecule has 8 nitrogen and oxygen atoms in total. The average molecular weight is 490 g/mol. The molecule has 3 atom stereocenters. The highest BCUT2D eigenvalue weighted by Crippen LogP contribution is 2.27. The van der Waals surface area contributed by atoms with Crippen LogP contribution in [0.15, 0.2) is 18.2 Å². The summed E-state index contributed by atoms with van der Waals surface area (Å²) in [6, 6.07) is 5.44. The second kappa shape index (κ2) is 13.2. The van der Waals surface area contributed by atoms with Crippen LogP contribution in [0, 0.1) is 11.8 Å². The van der Waals surface area contributed by atoms with Crippen molar-refractivity contribution in [3.63, 3.8) is 0 Å². The summed E-state index contributed by atoms with van der Waals surface area (Å²) in [6.45, 7) is 10.8. The standard InChI is InChI=1S/C27H43N3O5/c1-6-7-26(31)28-22-8-9-23-24(14-22)35-18-20(3)30(16-21-10-12-34-13-11-21)15-19(2)25(33-5)17-29(4)27(23)32/h8-9,14,19-21,25H,6-7,10-13,15-18H2,1-5H3,(H,28,31)/t19-,20+,25-/m0/s1. The highest BCUT2D eigenvalue weighted by atomic mass is 16.5. The van der Waals surface area contributed by atoms with E-state index in [1.54, 1.807) is 37.3 Å². The lowest BCUT2D eigenvalue weighted by Gasteiger charge is -2.38. The van der Waals surface area contributed by atoms with Crippen LogP contribution in [0.5, 0.6) is 5.75 Å². The summed E-state index contributed by atoms with van der Waals surface area (Å²) in [5.74, 6) is 1.18. The Hall–Kier alpha value is -2.16. The van der Waals surface area contributed by atoms with Gasteiger partial charge in [-0.05, 0) is 50.2 Å². The molecular weight excluding hydrogens is 446 g/mol. The second-order valence-corrected chi connectivity index (χ2v) is 10.1. The SMILES string of the molecule is CCCC(=O)Nc1ccc2c(c1)OC[C@@H](C)N(CC1CCOCC1)C[C@H](C)[C@@H](OC)CN(C)C2=O. The van der Waals surface area contributed by atoms with E-state index in [9.17, 15) is 9.59 Å². The maximum absolute atomic E-state index is 13.3. The normalized spacial score (nSPS) is 25.2. The summed E-state index contributed by atoms with van der Waals surface area (Å²) in [6.07, 6.45) is 3.30. The number of carbonyl (C=O) groups is 2. The first-order chi connectivity index (χ1) is 16.8. The van der Waals surface area contributed by atoms with Crippen molar-refractivity contribution in [1.29, 1.82) is 0 Å². The molecule has 0 aromatic heterocycles. The second-order valence-electron chi connectivity index (χ2n) is 10.1. The van der Waals surface area contributed by atoms with E-state index in [2.05, 4.69) is 24.1 Å². The molecule has 1 fully saturated rings. The van der Waals surface area contributed by atoms with E-state index in [0.717, 1.165) is 45.6 Å². The molecule has 1 N–H and O–H groups in total. The van der Waals surface area contributed by atoms with Crippen LogP contribution in [0.3, 0.4) is 0 Å². The van der Waals surface area contributed by atoms with Crippen LogP contribution in [-0.4, -0.2) is 87.4 Å². The van der Waals surface area contributed by atoms with Crippen LogP contribution in [-0.2, 0) is 14.3 Å². The van der Waals surface area contributed by atoms with Crippen LogP contribution >= 0.6 is 0 Å². The summed E-state index contributed by atoms with van der Waals surface area (Å²) in [4.78, 5) is 29.7. The number of hydrogen-bond acceptors (Lipinski definition) is 6. The van der Waals surface area contributed by atoms with Crippen molar-refractivity contribution in [2.24, 2.45) is 11.8 Å². The van der Waals surface area contributed by atoms with Gasteiger partial charge in [0.05, 0.1) is 11.7 Å². The number of anilines is 1. The number of benzene rings is 1. The van der Waals surface area contributed by atoms with Gasteiger partial charge in [0.25, 0.3) is 5.91 Å². The molecule has 0 spiro atoms. The number of carbonyl (C=O) groups excluding carboxylic acids is 2. The summed E-state index contributed by atoms with van der Waals surface area (Å²) in [5.41, 5.74) is 1.13. The van der Waals surface area contributed by atoms with E-state index in [1.165, 1.54) is 0 Å². The lowest BCUT2D eigenvalue weighted by molar-refractivity contribution is -0.116. The van der Waals surface area contributed by atoms with Crippen molar-refractivity contribution in [1.82, 2.24) is 9.80 Å². The number of amides is 2.